The van der Waals surface area contributed by atoms with Gasteiger partial charge in [-0.2, -0.15) is 0 Å². The second-order valence-corrected chi connectivity index (χ2v) is 5.82. The van der Waals surface area contributed by atoms with E-state index in [0.717, 1.165) is 25.1 Å². The van der Waals surface area contributed by atoms with Crippen molar-refractivity contribution >= 4 is 5.97 Å². The van der Waals surface area contributed by atoms with Gasteiger partial charge >= 0.3 is 5.97 Å². The first-order valence-electron chi connectivity index (χ1n) is 7.78. The number of ether oxygens (including phenoxy) is 1. The van der Waals surface area contributed by atoms with E-state index in [1.165, 1.54) is 20.0 Å². The van der Waals surface area contributed by atoms with Crippen molar-refractivity contribution in [2.24, 2.45) is 5.73 Å². The predicted molar refractivity (Wildman–Crippen MR) is 83.8 cm³/mol. The normalized spacial score (nSPS) is 22.0. The smallest absolute Gasteiger partial charge is 0.330 e. The molecule has 21 heavy (non-hydrogen) atoms. The van der Waals surface area contributed by atoms with Crippen molar-refractivity contribution in [3.05, 3.63) is 35.9 Å². The van der Waals surface area contributed by atoms with E-state index in [0.29, 0.717) is 12.5 Å². The van der Waals surface area contributed by atoms with Gasteiger partial charge in [-0.15, -0.1) is 0 Å². The van der Waals surface area contributed by atoms with Crippen LogP contribution >= 0.6 is 0 Å². The maximum Gasteiger partial charge on any atom is 0.330 e. The van der Waals surface area contributed by atoms with Crippen molar-refractivity contribution in [3.63, 3.8) is 0 Å². The van der Waals surface area contributed by atoms with E-state index in [1.54, 1.807) is 0 Å². The number of hydrogen-bond acceptors (Lipinski definition) is 4. The van der Waals surface area contributed by atoms with Crippen molar-refractivity contribution in [1.82, 2.24) is 4.90 Å². The Morgan fingerprint density at radius 2 is 2.14 bits per heavy atom. The van der Waals surface area contributed by atoms with Crippen LogP contribution in [0.4, 0.5) is 0 Å². The summed E-state index contributed by atoms with van der Waals surface area (Å²) in [6, 6.07) is 10.2. The van der Waals surface area contributed by atoms with Crippen LogP contribution in [0.2, 0.25) is 0 Å². The van der Waals surface area contributed by atoms with Crippen LogP contribution in [0.3, 0.4) is 0 Å². The molecule has 0 aromatic heterocycles. The van der Waals surface area contributed by atoms with Crippen LogP contribution in [0.1, 0.15) is 38.2 Å². The number of nitrogens with two attached hydrogens (primary N) is 1. The molecule has 0 amide bonds. The van der Waals surface area contributed by atoms with Gasteiger partial charge in [0.1, 0.15) is 5.54 Å². The zero-order valence-electron chi connectivity index (χ0n) is 13.0. The molecule has 0 radical (unpaired) electrons. The lowest BCUT2D eigenvalue weighted by Crippen LogP contribution is -2.48. The summed E-state index contributed by atoms with van der Waals surface area (Å²) in [5.41, 5.74) is 6.20. The Kier molecular flexibility index (Phi) is 5.37. The van der Waals surface area contributed by atoms with E-state index in [9.17, 15) is 4.79 Å². The van der Waals surface area contributed by atoms with Crippen LogP contribution in [-0.4, -0.2) is 37.1 Å². The van der Waals surface area contributed by atoms with Crippen molar-refractivity contribution in [2.75, 3.05) is 20.2 Å². The Morgan fingerprint density at radius 3 is 2.76 bits per heavy atom. The molecule has 1 aliphatic heterocycles. The first-order chi connectivity index (χ1) is 10.1. The van der Waals surface area contributed by atoms with Gasteiger partial charge < -0.3 is 15.4 Å². The predicted octanol–water partition coefficient (Wildman–Crippen LogP) is 2.28. The number of esters is 1. The van der Waals surface area contributed by atoms with Crippen LogP contribution in [0.25, 0.3) is 0 Å². The molecule has 4 nitrogen and oxygen atoms in total. The lowest BCUT2D eigenvalue weighted by molar-refractivity contribution is -0.148. The Morgan fingerprint density at radius 1 is 1.43 bits per heavy atom. The highest BCUT2D eigenvalue weighted by molar-refractivity contribution is 5.82. The Labute approximate surface area is 127 Å². The summed E-state index contributed by atoms with van der Waals surface area (Å²) < 4.78 is 4.96. The number of benzene rings is 1. The van der Waals surface area contributed by atoms with Crippen LogP contribution in [0, 0.1) is 0 Å². The molecule has 4 heteroatoms. The molecular weight excluding hydrogens is 264 g/mol. The van der Waals surface area contributed by atoms with Gasteiger partial charge in [0.15, 0.2) is 0 Å². The highest BCUT2D eigenvalue weighted by Crippen LogP contribution is 2.27. The fraction of sp³-hybridized carbons (Fsp3) is 0.588. The van der Waals surface area contributed by atoms with Gasteiger partial charge in [-0.05, 0) is 37.8 Å². The minimum Gasteiger partial charge on any atom is -0.467 e. The van der Waals surface area contributed by atoms with Gasteiger partial charge in [-0.1, -0.05) is 37.3 Å². The van der Waals surface area contributed by atoms with Gasteiger partial charge in [0, 0.05) is 12.6 Å². The van der Waals surface area contributed by atoms with Crippen molar-refractivity contribution in [3.8, 4) is 0 Å². The molecule has 0 saturated carbocycles. The maximum absolute atomic E-state index is 12.2. The summed E-state index contributed by atoms with van der Waals surface area (Å²) in [7, 11) is 1.40. The number of methoxy groups -OCH3 is 1. The number of nitrogens with zero attached hydrogens (tertiary/aromatic N) is 1. The van der Waals surface area contributed by atoms with Crippen LogP contribution in [0.5, 0.6) is 0 Å². The molecule has 0 spiro atoms. The zero-order chi connectivity index (χ0) is 15.3. The monoisotopic (exact) mass is 290 g/mol. The molecule has 1 fully saturated rings. The fourth-order valence-electron chi connectivity index (χ4n) is 3.25. The molecular formula is C17H26N2O2. The molecule has 1 aromatic rings. The number of carbonyl (C=O) groups is 1. The van der Waals surface area contributed by atoms with E-state index in [-0.39, 0.29) is 5.97 Å². The van der Waals surface area contributed by atoms with E-state index in [4.69, 9.17) is 10.5 Å². The van der Waals surface area contributed by atoms with Crippen molar-refractivity contribution in [2.45, 2.75) is 44.2 Å². The van der Waals surface area contributed by atoms with Crippen molar-refractivity contribution < 1.29 is 9.53 Å². The Hall–Kier alpha value is -1.39. The standard InChI is InChI=1S/C17H26N2O2/c1-3-15-10-7-12-19(15)13-11-17(18,16(20)21-2)14-8-5-4-6-9-14/h4-6,8-9,15H,3,7,10-13,18H2,1-2H3. The van der Waals surface area contributed by atoms with E-state index >= 15 is 0 Å². The highest BCUT2D eigenvalue weighted by atomic mass is 16.5. The summed E-state index contributed by atoms with van der Waals surface area (Å²) in [6.07, 6.45) is 4.22. The number of likely N-dealkylation sites (tertiary alicyclic amines) is 1. The molecule has 1 saturated heterocycles. The molecule has 0 aliphatic carbocycles. The molecule has 2 unspecified atom stereocenters. The summed E-state index contributed by atoms with van der Waals surface area (Å²) in [5, 5.41) is 0. The summed E-state index contributed by atoms with van der Waals surface area (Å²) in [4.78, 5) is 14.7. The van der Waals surface area contributed by atoms with Gasteiger partial charge in [0.05, 0.1) is 7.11 Å². The molecule has 2 N–H and O–H groups in total. The van der Waals surface area contributed by atoms with E-state index in [1.807, 2.05) is 30.3 Å². The maximum atomic E-state index is 12.2. The molecule has 1 aliphatic rings. The van der Waals surface area contributed by atoms with Crippen LogP contribution in [0.15, 0.2) is 30.3 Å². The molecule has 0 bridgehead atoms. The molecule has 1 heterocycles. The van der Waals surface area contributed by atoms with Gasteiger partial charge in [0.2, 0.25) is 0 Å². The molecule has 2 rings (SSSR count). The lowest BCUT2D eigenvalue weighted by Gasteiger charge is -2.31. The lowest BCUT2D eigenvalue weighted by atomic mass is 9.87. The van der Waals surface area contributed by atoms with E-state index < -0.39 is 5.54 Å². The summed E-state index contributed by atoms with van der Waals surface area (Å²) in [6.45, 7) is 4.15. The largest absolute Gasteiger partial charge is 0.467 e. The Bertz CT molecular complexity index is 463. The number of rotatable bonds is 6. The quantitative estimate of drug-likeness (QED) is 0.817. The van der Waals surface area contributed by atoms with Gasteiger partial charge in [-0.25, -0.2) is 4.79 Å². The second-order valence-electron chi connectivity index (χ2n) is 5.82. The van der Waals surface area contributed by atoms with Crippen molar-refractivity contribution in [1.29, 1.82) is 0 Å². The van der Waals surface area contributed by atoms with Crippen LogP contribution in [-0.2, 0) is 15.1 Å². The third-order valence-electron chi connectivity index (χ3n) is 4.60. The Balaban J connectivity index is 2.12. The number of carbonyl (C=O) groups excluding carboxylic acids is 1. The summed E-state index contributed by atoms with van der Waals surface area (Å²) in [5.74, 6) is -0.360. The first-order valence-corrected chi connectivity index (χ1v) is 7.78. The van der Waals surface area contributed by atoms with Gasteiger partial charge in [0.25, 0.3) is 0 Å². The first kappa shape index (κ1) is 16.0. The second kappa shape index (κ2) is 7.05. The molecule has 1 aromatic carbocycles. The zero-order valence-corrected chi connectivity index (χ0v) is 13.0. The third-order valence-corrected chi connectivity index (χ3v) is 4.60. The minimum atomic E-state index is -1.06. The highest BCUT2D eigenvalue weighted by Gasteiger charge is 2.38. The molecule has 2 atom stereocenters. The van der Waals surface area contributed by atoms with E-state index in [2.05, 4.69) is 11.8 Å². The topological polar surface area (TPSA) is 55.6 Å². The summed E-state index contributed by atoms with van der Waals surface area (Å²) >= 11 is 0. The van der Waals surface area contributed by atoms with Gasteiger partial charge in [-0.3, -0.25) is 0 Å². The number of hydrogen-bond donors (Lipinski definition) is 1. The average molecular weight is 290 g/mol. The molecule has 116 valence electrons. The third kappa shape index (κ3) is 3.44. The fourth-order valence-corrected chi connectivity index (χ4v) is 3.25. The van der Waals surface area contributed by atoms with Crippen LogP contribution < -0.4 is 5.73 Å². The average Bonchev–Trinajstić information content (AvgIpc) is 3.00. The SMILES string of the molecule is CCC1CCCN1CCC(N)(C(=O)OC)c1ccccc1. The minimum absolute atomic E-state index is 0.360.